The van der Waals surface area contributed by atoms with E-state index in [1.807, 2.05) is 37.3 Å². The van der Waals surface area contributed by atoms with Crippen molar-refractivity contribution in [2.45, 2.75) is 19.4 Å². The zero-order chi connectivity index (χ0) is 14.7. The molecular weight excluding hydrogens is 293 g/mol. The largest absolute Gasteiger partial charge is 0.496 e. The van der Waals surface area contributed by atoms with Crippen LogP contribution < -0.4 is 10.5 Å². The molecule has 0 aliphatic carbocycles. The Morgan fingerprint density at radius 3 is 2.50 bits per heavy atom. The summed E-state index contributed by atoms with van der Waals surface area (Å²) in [6.07, 6.45) is 0.698. The number of methoxy groups -OCH3 is 1. The average molecular weight is 310 g/mol. The average Bonchev–Trinajstić information content (AvgIpc) is 2.43. The molecule has 4 heteroatoms. The van der Waals surface area contributed by atoms with Gasteiger partial charge in [0.05, 0.1) is 17.2 Å². The van der Waals surface area contributed by atoms with E-state index in [1.54, 1.807) is 13.2 Å². The van der Waals surface area contributed by atoms with Gasteiger partial charge in [0.1, 0.15) is 5.75 Å². The van der Waals surface area contributed by atoms with Crippen LogP contribution in [0.1, 0.15) is 22.7 Å². The van der Waals surface area contributed by atoms with Gasteiger partial charge in [0.2, 0.25) is 0 Å². The summed E-state index contributed by atoms with van der Waals surface area (Å²) in [4.78, 5) is 0. The Balaban J connectivity index is 2.19. The van der Waals surface area contributed by atoms with Crippen molar-refractivity contribution >= 4 is 23.2 Å². The molecule has 0 radical (unpaired) electrons. The van der Waals surface area contributed by atoms with Gasteiger partial charge in [0.25, 0.3) is 0 Å². The van der Waals surface area contributed by atoms with Crippen LogP contribution in [0, 0.1) is 6.92 Å². The summed E-state index contributed by atoms with van der Waals surface area (Å²) in [5, 5.41) is 1.11. The molecule has 2 aromatic rings. The van der Waals surface area contributed by atoms with Gasteiger partial charge >= 0.3 is 0 Å². The first-order valence-corrected chi connectivity index (χ1v) is 7.11. The van der Waals surface area contributed by atoms with Crippen LogP contribution in [0.5, 0.6) is 5.75 Å². The maximum atomic E-state index is 6.26. The number of hydrogen-bond donors (Lipinski definition) is 1. The Morgan fingerprint density at radius 1 is 1.10 bits per heavy atom. The maximum absolute atomic E-state index is 6.26. The van der Waals surface area contributed by atoms with E-state index in [4.69, 9.17) is 33.7 Å². The first-order chi connectivity index (χ1) is 9.51. The third kappa shape index (κ3) is 3.45. The molecular formula is C16H17Cl2NO. The van der Waals surface area contributed by atoms with Crippen LogP contribution in [0.4, 0.5) is 0 Å². The third-order valence-electron chi connectivity index (χ3n) is 3.30. The molecule has 2 rings (SSSR count). The van der Waals surface area contributed by atoms with Crippen LogP contribution in [0.3, 0.4) is 0 Å². The van der Waals surface area contributed by atoms with Crippen LogP contribution in [0.2, 0.25) is 10.0 Å². The lowest BCUT2D eigenvalue weighted by molar-refractivity contribution is 0.410. The SMILES string of the molecule is COc1cc(C(N)Cc2ccc(Cl)c(Cl)c2)ccc1C. The minimum absolute atomic E-state index is 0.109. The molecule has 0 amide bonds. The standard InChI is InChI=1S/C16H17Cl2NO/c1-10-3-5-12(9-16(10)20-2)15(19)8-11-4-6-13(17)14(18)7-11/h3-7,9,15H,8,19H2,1-2H3. The number of ether oxygens (including phenoxy) is 1. The highest BCUT2D eigenvalue weighted by atomic mass is 35.5. The summed E-state index contributed by atoms with van der Waals surface area (Å²) in [6.45, 7) is 2.01. The Hall–Kier alpha value is -1.22. The highest BCUT2D eigenvalue weighted by Crippen LogP contribution is 2.27. The van der Waals surface area contributed by atoms with E-state index in [1.165, 1.54) is 0 Å². The van der Waals surface area contributed by atoms with Crippen LogP contribution in [0.25, 0.3) is 0 Å². The van der Waals surface area contributed by atoms with Gasteiger partial charge < -0.3 is 10.5 Å². The summed E-state index contributed by atoms with van der Waals surface area (Å²) in [6, 6.07) is 11.5. The van der Waals surface area contributed by atoms with E-state index < -0.39 is 0 Å². The number of hydrogen-bond acceptors (Lipinski definition) is 2. The molecule has 2 nitrogen and oxygen atoms in total. The molecule has 0 aliphatic heterocycles. The third-order valence-corrected chi connectivity index (χ3v) is 4.04. The fraction of sp³-hybridized carbons (Fsp3) is 0.250. The van der Waals surface area contributed by atoms with Crippen molar-refractivity contribution in [3.05, 3.63) is 63.1 Å². The Labute approximate surface area is 129 Å². The van der Waals surface area contributed by atoms with Crippen LogP contribution in [-0.4, -0.2) is 7.11 Å². The molecule has 0 saturated heterocycles. The zero-order valence-corrected chi connectivity index (χ0v) is 13.0. The first kappa shape index (κ1) is 15.2. The molecule has 1 unspecified atom stereocenters. The number of nitrogens with two attached hydrogens (primary N) is 1. The monoisotopic (exact) mass is 309 g/mol. The van der Waals surface area contributed by atoms with Crippen molar-refractivity contribution in [1.29, 1.82) is 0 Å². The fourth-order valence-electron chi connectivity index (χ4n) is 2.11. The predicted molar refractivity (Wildman–Crippen MR) is 84.8 cm³/mol. The van der Waals surface area contributed by atoms with Gasteiger partial charge in [-0.05, 0) is 48.2 Å². The number of aryl methyl sites for hydroxylation is 1. The quantitative estimate of drug-likeness (QED) is 0.899. The second-order valence-corrected chi connectivity index (χ2v) is 5.60. The first-order valence-electron chi connectivity index (χ1n) is 6.35. The normalized spacial score (nSPS) is 12.2. The minimum atomic E-state index is -0.109. The van der Waals surface area contributed by atoms with E-state index in [0.717, 1.165) is 22.4 Å². The lowest BCUT2D eigenvalue weighted by Gasteiger charge is -2.15. The Bertz CT molecular complexity index is 613. The van der Waals surface area contributed by atoms with E-state index in [2.05, 4.69) is 0 Å². The van der Waals surface area contributed by atoms with Gasteiger partial charge in [0, 0.05) is 6.04 Å². The zero-order valence-electron chi connectivity index (χ0n) is 11.5. The van der Waals surface area contributed by atoms with Crippen molar-refractivity contribution < 1.29 is 4.74 Å². The molecule has 20 heavy (non-hydrogen) atoms. The molecule has 0 bridgehead atoms. The minimum Gasteiger partial charge on any atom is -0.496 e. The van der Waals surface area contributed by atoms with Gasteiger partial charge in [-0.25, -0.2) is 0 Å². The highest BCUT2D eigenvalue weighted by Gasteiger charge is 2.10. The fourth-order valence-corrected chi connectivity index (χ4v) is 2.43. The Kier molecular flexibility index (Phi) is 4.92. The smallest absolute Gasteiger partial charge is 0.122 e. The molecule has 2 aromatic carbocycles. The molecule has 0 spiro atoms. The lowest BCUT2D eigenvalue weighted by Crippen LogP contribution is -2.13. The summed E-state index contributed by atoms with van der Waals surface area (Å²) in [5.74, 6) is 0.854. The lowest BCUT2D eigenvalue weighted by atomic mass is 9.98. The van der Waals surface area contributed by atoms with Gasteiger partial charge in [-0.3, -0.25) is 0 Å². The number of benzene rings is 2. The molecule has 0 aliphatic rings. The van der Waals surface area contributed by atoms with Gasteiger partial charge in [-0.1, -0.05) is 41.4 Å². The van der Waals surface area contributed by atoms with E-state index in [0.29, 0.717) is 16.5 Å². The molecule has 1 atom stereocenters. The second kappa shape index (κ2) is 6.49. The van der Waals surface area contributed by atoms with E-state index in [-0.39, 0.29) is 6.04 Å². The molecule has 106 valence electrons. The van der Waals surface area contributed by atoms with E-state index in [9.17, 15) is 0 Å². The molecule has 0 fully saturated rings. The number of rotatable bonds is 4. The molecule has 0 heterocycles. The van der Waals surface area contributed by atoms with Gasteiger partial charge in [-0.15, -0.1) is 0 Å². The van der Waals surface area contributed by atoms with Crippen molar-refractivity contribution in [2.75, 3.05) is 7.11 Å². The van der Waals surface area contributed by atoms with Crippen molar-refractivity contribution in [1.82, 2.24) is 0 Å². The molecule has 0 aromatic heterocycles. The molecule has 0 saturated carbocycles. The number of halogens is 2. The summed E-state index contributed by atoms with van der Waals surface area (Å²) < 4.78 is 5.33. The Morgan fingerprint density at radius 2 is 1.85 bits per heavy atom. The topological polar surface area (TPSA) is 35.2 Å². The maximum Gasteiger partial charge on any atom is 0.122 e. The van der Waals surface area contributed by atoms with Crippen molar-refractivity contribution in [3.8, 4) is 5.75 Å². The van der Waals surface area contributed by atoms with E-state index >= 15 is 0 Å². The van der Waals surface area contributed by atoms with Gasteiger partial charge in [0.15, 0.2) is 0 Å². The van der Waals surface area contributed by atoms with Crippen LogP contribution in [0.15, 0.2) is 36.4 Å². The van der Waals surface area contributed by atoms with Crippen molar-refractivity contribution in [2.24, 2.45) is 5.73 Å². The van der Waals surface area contributed by atoms with Crippen LogP contribution >= 0.6 is 23.2 Å². The van der Waals surface area contributed by atoms with Gasteiger partial charge in [-0.2, -0.15) is 0 Å². The predicted octanol–water partition coefficient (Wildman–Crippen LogP) is 4.55. The second-order valence-electron chi connectivity index (χ2n) is 4.79. The summed E-state index contributed by atoms with van der Waals surface area (Å²) >= 11 is 11.9. The van der Waals surface area contributed by atoms with Crippen LogP contribution in [-0.2, 0) is 6.42 Å². The molecule has 2 N–H and O–H groups in total. The summed E-state index contributed by atoms with van der Waals surface area (Å²) in [5.41, 5.74) is 9.45. The van der Waals surface area contributed by atoms with Crippen molar-refractivity contribution in [3.63, 3.8) is 0 Å². The summed E-state index contributed by atoms with van der Waals surface area (Å²) in [7, 11) is 1.66. The highest BCUT2D eigenvalue weighted by molar-refractivity contribution is 6.42.